The van der Waals surface area contributed by atoms with E-state index in [-0.39, 0.29) is 17.2 Å². The van der Waals surface area contributed by atoms with Crippen molar-refractivity contribution in [2.45, 2.75) is 25.7 Å². The molecule has 2 heterocycles. The minimum absolute atomic E-state index is 0.00269. The zero-order chi connectivity index (χ0) is 18.8. The third-order valence-corrected chi connectivity index (χ3v) is 4.57. The molecule has 8 heteroatoms. The van der Waals surface area contributed by atoms with E-state index < -0.39 is 23.1 Å². The first kappa shape index (κ1) is 18.0. The van der Waals surface area contributed by atoms with Crippen molar-refractivity contribution in [3.05, 3.63) is 57.3 Å². The van der Waals surface area contributed by atoms with Crippen LogP contribution in [0.3, 0.4) is 0 Å². The van der Waals surface area contributed by atoms with Crippen molar-refractivity contribution < 1.29 is 18.3 Å². The van der Waals surface area contributed by atoms with E-state index in [9.17, 15) is 18.4 Å². The highest BCUT2D eigenvalue weighted by molar-refractivity contribution is 5.97. The van der Waals surface area contributed by atoms with Crippen molar-refractivity contribution in [1.82, 2.24) is 14.9 Å². The van der Waals surface area contributed by atoms with Gasteiger partial charge in [-0.3, -0.25) is 9.59 Å². The number of H-pyrrole nitrogens is 1. The fourth-order valence-electron chi connectivity index (χ4n) is 3.25. The highest BCUT2D eigenvalue weighted by Gasteiger charge is 2.30. The van der Waals surface area contributed by atoms with Crippen molar-refractivity contribution in [2.75, 3.05) is 20.2 Å². The van der Waals surface area contributed by atoms with Crippen LogP contribution in [0.15, 0.2) is 23.0 Å². The molecule has 0 bridgehead atoms. The maximum atomic E-state index is 14.1. The molecule has 1 amide bonds. The van der Waals surface area contributed by atoms with Crippen LogP contribution in [0.2, 0.25) is 0 Å². The van der Waals surface area contributed by atoms with Crippen molar-refractivity contribution in [1.29, 1.82) is 0 Å². The normalized spacial score (nSPS) is 15.2. The van der Waals surface area contributed by atoms with Gasteiger partial charge in [0.2, 0.25) is 0 Å². The molecule has 1 aliphatic heterocycles. The van der Waals surface area contributed by atoms with E-state index in [1.54, 1.807) is 6.92 Å². The topological polar surface area (TPSA) is 75.3 Å². The van der Waals surface area contributed by atoms with Gasteiger partial charge in [-0.15, -0.1) is 0 Å². The summed E-state index contributed by atoms with van der Waals surface area (Å²) in [4.78, 5) is 32.7. The van der Waals surface area contributed by atoms with E-state index in [0.717, 1.165) is 6.07 Å². The Hall–Kier alpha value is -2.77. The zero-order valence-electron chi connectivity index (χ0n) is 14.5. The lowest BCUT2D eigenvalue weighted by Gasteiger charge is -2.32. The van der Waals surface area contributed by atoms with Gasteiger partial charge in [0.15, 0.2) is 11.6 Å². The summed E-state index contributed by atoms with van der Waals surface area (Å²) in [5, 5.41) is 0. The van der Waals surface area contributed by atoms with Gasteiger partial charge in [-0.1, -0.05) is 0 Å². The largest absolute Gasteiger partial charge is 0.496 e. The lowest BCUT2D eigenvalue weighted by Crippen LogP contribution is -2.39. The Morgan fingerprint density at radius 2 is 2.00 bits per heavy atom. The summed E-state index contributed by atoms with van der Waals surface area (Å²) in [6, 6.07) is 3.63. The number of hydrogen-bond donors (Lipinski definition) is 1. The lowest BCUT2D eigenvalue weighted by atomic mass is 9.92. The zero-order valence-corrected chi connectivity index (χ0v) is 14.5. The molecule has 2 aromatic rings. The van der Waals surface area contributed by atoms with E-state index in [1.165, 1.54) is 24.1 Å². The maximum absolute atomic E-state index is 14.1. The fourth-order valence-corrected chi connectivity index (χ4v) is 3.25. The van der Waals surface area contributed by atoms with E-state index in [1.807, 2.05) is 0 Å². The molecule has 0 spiro atoms. The Bertz CT molecular complexity index is 890. The van der Waals surface area contributed by atoms with Gasteiger partial charge in [0.05, 0.1) is 12.8 Å². The second kappa shape index (κ2) is 7.23. The van der Waals surface area contributed by atoms with Gasteiger partial charge in [-0.2, -0.15) is 0 Å². The number of nitrogens with one attached hydrogen (secondary N) is 1. The number of aromatic nitrogens is 2. The van der Waals surface area contributed by atoms with Crippen molar-refractivity contribution in [3.63, 3.8) is 0 Å². The monoisotopic (exact) mass is 363 g/mol. The molecule has 0 atom stereocenters. The number of halogens is 2. The predicted molar refractivity (Wildman–Crippen MR) is 90.4 cm³/mol. The lowest BCUT2D eigenvalue weighted by molar-refractivity contribution is 0.0702. The number of amides is 1. The Morgan fingerprint density at radius 3 is 2.62 bits per heavy atom. The predicted octanol–water partition coefficient (Wildman–Crippen LogP) is 2.38. The minimum atomic E-state index is -1.21. The SMILES string of the molecule is COc1ccc(F)c(F)c1C(=O)N1CCC(c2cc(=O)[nH]c(C)n2)CC1. The molecule has 1 aromatic carbocycles. The van der Waals surface area contributed by atoms with Gasteiger partial charge >= 0.3 is 0 Å². The van der Waals surface area contributed by atoms with Crippen LogP contribution in [0.25, 0.3) is 0 Å². The Morgan fingerprint density at radius 1 is 1.31 bits per heavy atom. The summed E-state index contributed by atoms with van der Waals surface area (Å²) >= 11 is 0. The number of hydrogen-bond acceptors (Lipinski definition) is 4. The molecular formula is C18H19F2N3O3. The average molecular weight is 363 g/mol. The van der Waals surface area contributed by atoms with Gasteiger partial charge in [0.1, 0.15) is 17.1 Å². The van der Waals surface area contributed by atoms with Gasteiger partial charge in [-0.25, -0.2) is 13.8 Å². The van der Waals surface area contributed by atoms with Crippen LogP contribution in [0.4, 0.5) is 8.78 Å². The van der Waals surface area contributed by atoms with E-state index in [0.29, 0.717) is 37.4 Å². The van der Waals surface area contributed by atoms with E-state index in [4.69, 9.17) is 4.74 Å². The van der Waals surface area contributed by atoms with Gasteiger partial charge < -0.3 is 14.6 Å². The summed E-state index contributed by atoms with van der Waals surface area (Å²) in [6.07, 6.45) is 1.17. The molecule has 0 saturated carbocycles. The second-order valence-electron chi connectivity index (χ2n) is 6.26. The number of piperidine rings is 1. The number of aromatic amines is 1. The number of ether oxygens (including phenoxy) is 1. The molecule has 1 N–H and O–H groups in total. The molecule has 6 nitrogen and oxygen atoms in total. The quantitative estimate of drug-likeness (QED) is 0.909. The van der Waals surface area contributed by atoms with Gasteiger partial charge in [-0.05, 0) is 31.9 Å². The number of aryl methyl sites for hydroxylation is 1. The van der Waals surface area contributed by atoms with Gasteiger partial charge in [0.25, 0.3) is 11.5 Å². The molecule has 1 aromatic heterocycles. The highest BCUT2D eigenvalue weighted by atomic mass is 19.2. The smallest absolute Gasteiger partial charge is 0.260 e. The van der Waals surface area contributed by atoms with Crippen LogP contribution in [-0.4, -0.2) is 41.0 Å². The van der Waals surface area contributed by atoms with Crippen LogP contribution < -0.4 is 10.3 Å². The highest BCUT2D eigenvalue weighted by Crippen LogP contribution is 2.30. The molecule has 1 aliphatic rings. The average Bonchev–Trinajstić information content (AvgIpc) is 2.62. The molecule has 1 saturated heterocycles. The molecule has 1 fully saturated rings. The van der Waals surface area contributed by atoms with Crippen molar-refractivity contribution in [3.8, 4) is 5.75 Å². The molecule has 0 radical (unpaired) electrons. The van der Waals surface area contributed by atoms with Crippen LogP contribution in [0.5, 0.6) is 5.75 Å². The number of nitrogens with zero attached hydrogens (tertiary/aromatic N) is 2. The summed E-state index contributed by atoms with van der Waals surface area (Å²) in [6.45, 7) is 2.43. The minimum Gasteiger partial charge on any atom is -0.496 e. The van der Waals surface area contributed by atoms with E-state index >= 15 is 0 Å². The number of methoxy groups -OCH3 is 1. The fraction of sp³-hybridized carbons (Fsp3) is 0.389. The van der Waals surface area contributed by atoms with Crippen LogP contribution >= 0.6 is 0 Å². The Kier molecular flexibility index (Phi) is 5.01. The Labute approximate surface area is 148 Å². The van der Waals surface area contributed by atoms with Gasteiger partial charge in [0, 0.05) is 25.1 Å². The van der Waals surface area contributed by atoms with E-state index in [2.05, 4.69) is 9.97 Å². The maximum Gasteiger partial charge on any atom is 0.260 e. The standard InChI is InChI=1S/C18H19F2N3O3/c1-10-21-13(9-15(24)22-10)11-5-7-23(8-6-11)18(25)16-14(26-2)4-3-12(19)17(16)20/h3-4,9,11H,5-8H2,1-2H3,(H,21,22,24). The second-order valence-corrected chi connectivity index (χ2v) is 6.26. The number of rotatable bonds is 3. The number of likely N-dealkylation sites (tertiary alicyclic amines) is 1. The molecule has 0 unspecified atom stereocenters. The summed E-state index contributed by atoms with van der Waals surface area (Å²) in [7, 11) is 1.30. The molecule has 0 aliphatic carbocycles. The third kappa shape index (κ3) is 3.44. The van der Waals surface area contributed by atoms with Crippen molar-refractivity contribution >= 4 is 5.91 Å². The van der Waals surface area contributed by atoms with Crippen LogP contribution in [0.1, 0.15) is 40.6 Å². The molecule has 138 valence electrons. The number of carbonyl (C=O) groups is 1. The number of benzene rings is 1. The molecule has 26 heavy (non-hydrogen) atoms. The summed E-state index contributed by atoms with van der Waals surface area (Å²) in [5.74, 6) is -2.32. The summed E-state index contributed by atoms with van der Waals surface area (Å²) < 4.78 is 32.7. The molecular weight excluding hydrogens is 344 g/mol. The first-order valence-electron chi connectivity index (χ1n) is 8.30. The Balaban J connectivity index is 1.77. The number of carbonyl (C=O) groups excluding carboxylic acids is 1. The summed E-state index contributed by atoms with van der Waals surface area (Å²) in [5.41, 5.74) is 0.0847. The van der Waals surface area contributed by atoms with Crippen LogP contribution in [-0.2, 0) is 0 Å². The first-order valence-corrected chi connectivity index (χ1v) is 8.30. The molecule has 3 rings (SSSR count). The van der Waals surface area contributed by atoms with Crippen LogP contribution in [0, 0.1) is 18.6 Å². The van der Waals surface area contributed by atoms with Crippen molar-refractivity contribution in [2.24, 2.45) is 0 Å². The third-order valence-electron chi connectivity index (χ3n) is 4.57. The first-order chi connectivity index (χ1) is 12.4.